The lowest BCUT2D eigenvalue weighted by Gasteiger charge is -2.39. The van der Waals surface area contributed by atoms with Crippen LogP contribution in [0.4, 0.5) is 0 Å². The van der Waals surface area contributed by atoms with Crippen molar-refractivity contribution in [2.45, 2.75) is 58.4 Å². The molecule has 154 valence electrons. The third-order valence-electron chi connectivity index (χ3n) is 6.42. The average Bonchev–Trinajstić information content (AvgIpc) is 3.11. The molecule has 1 atom stereocenters. The number of nitrogens with zero attached hydrogens (tertiary/aromatic N) is 3. The Hall–Kier alpha value is -2.63. The van der Waals surface area contributed by atoms with E-state index in [4.69, 9.17) is 4.98 Å². The van der Waals surface area contributed by atoms with Crippen molar-refractivity contribution < 1.29 is 9.59 Å². The van der Waals surface area contributed by atoms with Crippen molar-refractivity contribution >= 4 is 17.3 Å². The molecule has 0 spiro atoms. The van der Waals surface area contributed by atoms with Crippen LogP contribution in [0.1, 0.15) is 63.4 Å². The van der Waals surface area contributed by atoms with Crippen LogP contribution < -0.4 is 5.32 Å². The second kappa shape index (κ2) is 8.01. The summed E-state index contributed by atoms with van der Waals surface area (Å²) in [5, 5.41) is 2.86. The molecular weight excluding hydrogens is 364 g/mol. The molecule has 0 aromatic carbocycles. The van der Waals surface area contributed by atoms with E-state index in [1.54, 1.807) is 0 Å². The van der Waals surface area contributed by atoms with E-state index in [0.717, 1.165) is 62.2 Å². The Morgan fingerprint density at radius 2 is 2.03 bits per heavy atom. The Balaban J connectivity index is 1.48. The Labute approximate surface area is 172 Å². The first-order chi connectivity index (χ1) is 14.0. The number of allylic oxidation sites excluding steroid dienone is 2. The number of rotatable bonds is 4. The Kier molecular flexibility index (Phi) is 5.43. The molecule has 6 heteroatoms. The molecule has 2 aromatic rings. The summed E-state index contributed by atoms with van der Waals surface area (Å²) >= 11 is 0. The van der Waals surface area contributed by atoms with Gasteiger partial charge in [-0.25, -0.2) is 4.98 Å². The zero-order chi connectivity index (χ0) is 20.4. The first-order valence-electron chi connectivity index (χ1n) is 10.6. The normalized spacial score (nSPS) is 22.8. The minimum Gasteiger partial charge on any atom is -0.351 e. The molecule has 2 aliphatic rings. The van der Waals surface area contributed by atoms with Crippen LogP contribution in [0, 0.1) is 5.41 Å². The Morgan fingerprint density at radius 3 is 2.72 bits per heavy atom. The molecule has 1 N–H and O–H groups in total. The maximum atomic E-state index is 13.1. The van der Waals surface area contributed by atoms with Crippen molar-refractivity contribution in [3.05, 3.63) is 48.1 Å². The van der Waals surface area contributed by atoms with Crippen LogP contribution in [0.15, 0.2) is 36.5 Å². The molecule has 1 aliphatic carbocycles. The standard InChI is InChI=1S/C23H30N4O2/c1-17(28)24-16-19-20-8-4-7-13-27(20)21(25-19)18-9-14-26(15-10-18)22(29)23(2)11-5-3-6-12-23/h3-5,7-8,13,18H,6,9-12,14-16H2,1-2H3,(H,24,28). The van der Waals surface area contributed by atoms with E-state index < -0.39 is 0 Å². The molecule has 0 saturated carbocycles. The number of carbonyl (C=O) groups is 2. The van der Waals surface area contributed by atoms with Crippen LogP contribution >= 0.6 is 0 Å². The smallest absolute Gasteiger partial charge is 0.228 e. The number of piperidine rings is 1. The third kappa shape index (κ3) is 3.93. The van der Waals surface area contributed by atoms with E-state index in [2.05, 4.69) is 33.7 Å². The highest BCUT2D eigenvalue weighted by molar-refractivity contribution is 5.83. The molecule has 6 nitrogen and oxygen atoms in total. The van der Waals surface area contributed by atoms with Crippen LogP contribution in [0.5, 0.6) is 0 Å². The minimum atomic E-state index is -0.243. The van der Waals surface area contributed by atoms with Gasteiger partial charge in [-0.3, -0.25) is 9.59 Å². The van der Waals surface area contributed by atoms with Crippen molar-refractivity contribution in [1.29, 1.82) is 0 Å². The summed E-state index contributed by atoms with van der Waals surface area (Å²) < 4.78 is 2.15. The zero-order valence-corrected chi connectivity index (χ0v) is 17.4. The molecule has 2 amide bonds. The molecule has 4 rings (SSSR count). The Morgan fingerprint density at radius 1 is 1.24 bits per heavy atom. The van der Waals surface area contributed by atoms with Gasteiger partial charge >= 0.3 is 0 Å². The van der Waals surface area contributed by atoms with Crippen LogP contribution in [-0.2, 0) is 16.1 Å². The van der Waals surface area contributed by atoms with E-state index >= 15 is 0 Å². The number of likely N-dealkylation sites (tertiary alicyclic amines) is 1. The summed E-state index contributed by atoms with van der Waals surface area (Å²) in [7, 11) is 0. The van der Waals surface area contributed by atoms with Gasteiger partial charge in [-0.2, -0.15) is 0 Å². The molecule has 0 radical (unpaired) electrons. The number of hydrogen-bond donors (Lipinski definition) is 1. The number of aromatic nitrogens is 2. The lowest BCUT2D eigenvalue weighted by atomic mass is 9.77. The highest BCUT2D eigenvalue weighted by Crippen LogP contribution is 2.36. The van der Waals surface area contributed by atoms with E-state index in [1.165, 1.54) is 6.92 Å². The van der Waals surface area contributed by atoms with Gasteiger partial charge in [-0.05, 0) is 44.2 Å². The van der Waals surface area contributed by atoms with Crippen molar-refractivity contribution in [2.75, 3.05) is 13.1 Å². The number of imidazole rings is 1. The molecule has 1 aliphatic heterocycles. The van der Waals surface area contributed by atoms with Crippen LogP contribution in [0.3, 0.4) is 0 Å². The summed E-state index contributed by atoms with van der Waals surface area (Å²) in [6, 6.07) is 6.05. The average molecular weight is 395 g/mol. The number of fused-ring (bicyclic) bond motifs is 1. The molecule has 0 bridgehead atoms. The number of amides is 2. The fraction of sp³-hybridized carbons (Fsp3) is 0.522. The lowest BCUT2D eigenvalue weighted by molar-refractivity contribution is -0.142. The van der Waals surface area contributed by atoms with Gasteiger partial charge in [0, 0.05) is 32.1 Å². The topological polar surface area (TPSA) is 66.7 Å². The largest absolute Gasteiger partial charge is 0.351 e. The highest BCUT2D eigenvalue weighted by Gasteiger charge is 2.38. The predicted octanol–water partition coefficient (Wildman–Crippen LogP) is 3.42. The number of pyridine rings is 1. The van der Waals surface area contributed by atoms with Crippen LogP contribution in [-0.4, -0.2) is 39.2 Å². The van der Waals surface area contributed by atoms with Gasteiger partial charge in [0.1, 0.15) is 5.82 Å². The van der Waals surface area contributed by atoms with Gasteiger partial charge in [0.2, 0.25) is 11.8 Å². The summed E-state index contributed by atoms with van der Waals surface area (Å²) in [4.78, 5) is 31.4. The monoisotopic (exact) mass is 394 g/mol. The van der Waals surface area contributed by atoms with Gasteiger partial charge in [0.25, 0.3) is 0 Å². The molecule has 3 heterocycles. The molecule has 29 heavy (non-hydrogen) atoms. The van der Waals surface area contributed by atoms with E-state index in [1.807, 2.05) is 24.4 Å². The number of hydrogen-bond acceptors (Lipinski definition) is 3. The summed E-state index contributed by atoms with van der Waals surface area (Å²) in [5.74, 6) is 1.61. The zero-order valence-electron chi connectivity index (χ0n) is 17.4. The fourth-order valence-electron chi connectivity index (χ4n) is 4.64. The predicted molar refractivity (Wildman–Crippen MR) is 112 cm³/mol. The SMILES string of the molecule is CC(=O)NCc1nc(C2CCN(C(=O)C3(C)CC=CCC3)CC2)n2ccccc12. The third-order valence-corrected chi connectivity index (χ3v) is 6.42. The van der Waals surface area contributed by atoms with Gasteiger partial charge in [0.05, 0.1) is 23.2 Å². The van der Waals surface area contributed by atoms with E-state index in [9.17, 15) is 9.59 Å². The lowest BCUT2D eigenvalue weighted by Crippen LogP contribution is -2.46. The summed E-state index contributed by atoms with van der Waals surface area (Å²) in [6.45, 7) is 5.64. The Bertz CT molecular complexity index is 940. The van der Waals surface area contributed by atoms with Crippen molar-refractivity contribution in [1.82, 2.24) is 19.6 Å². The minimum absolute atomic E-state index is 0.0542. The first-order valence-corrected chi connectivity index (χ1v) is 10.6. The van der Waals surface area contributed by atoms with E-state index in [-0.39, 0.29) is 11.3 Å². The van der Waals surface area contributed by atoms with Gasteiger partial charge in [0.15, 0.2) is 0 Å². The quantitative estimate of drug-likeness (QED) is 0.808. The molecule has 1 saturated heterocycles. The van der Waals surface area contributed by atoms with E-state index in [0.29, 0.717) is 18.4 Å². The van der Waals surface area contributed by atoms with Gasteiger partial charge in [-0.15, -0.1) is 0 Å². The van der Waals surface area contributed by atoms with Crippen LogP contribution in [0.25, 0.3) is 5.52 Å². The molecular formula is C23H30N4O2. The fourth-order valence-corrected chi connectivity index (χ4v) is 4.64. The summed E-state index contributed by atoms with van der Waals surface area (Å²) in [5.41, 5.74) is 1.69. The second-order valence-electron chi connectivity index (χ2n) is 8.62. The summed E-state index contributed by atoms with van der Waals surface area (Å²) in [6.07, 6.45) is 11.0. The maximum Gasteiger partial charge on any atom is 0.228 e. The maximum absolute atomic E-state index is 13.1. The number of nitrogens with one attached hydrogen (secondary N) is 1. The molecule has 2 aromatic heterocycles. The highest BCUT2D eigenvalue weighted by atomic mass is 16.2. The second-order valence-corrected chi connectivity index (χ2v) is 8.62. The van der Waals surface area contributed by atoms with Crippen molar-refractivity contribution in [3.8, 4) is 0 Å². The van der Waals surface area contributed by atoms with Crippen molar-refractivity contribution in [2.24, 2.45) is 5.41 Å². The van der Waals surface area contributed by atoms with Gasteiger partial charge < -0.3 is 14.6 Å². The van der Waals surface area contributed by atoms with Crippen LogP contribution in [0.2, 0.25) is 0 Å². The number of carbonyl (C=O) groups excluding carboxylic acids is 2. The first kappa shape index (κ1) is 19.7. The molecule has 1 unspecified atom stereocenters. The van der Waals surface area contributed by atoms with Crippen molar-refractivity contribution in [3.63, 3.8) is 0 Å². The molecule has 1 fully saturated rings. The van der Waals surface area contributed by atoms with Gasteiger partial charge in [-0.1, -0.05) is 25.1 Å².